The van der Waals surface area contributed by atoms with Crippen molar-refractivity contribution < 1.29 is 18.7 Å². The van der Waals surface area contributed by atoms with Gasteiger partial charge in [-0.25, -0.2) is 0 Å². The lowest BCUT2D eigenvalue weighted by molar-refractivity contribution is -0.145. The summed E-state index contributed by atoms with van der Waals surface area (Å²) in [7, 11) is -2.54. The highest BCUT2D eigenvalue weighted by atomic mass is 28.4. The van der Waals surface area contributed by atoms with E-state index in [-0.39, 0.29) is 11.0 Å². The number of carbonyl (C=O) groups is 1. The molecule has 0 heterocycles. The van der Waals surface area contributed by atoms with Crippen molar-refractivity contribution in [2.45, 2.75) is 123 Å². The van der Waals surface area contributed by atoms with Crippen LogP contribution in [0.25, 0.3) is 0 Å². The van der Waals surface area contributed by atoms with Gasteiger partial charge in [0, 0.05) is 6.42 Å². The summed E-state index contributed by atoms with van der Waals surface area (Å²) in [4.78, 5) is 12.1. The zero-order valence-electron chi connectivity index (χ0n) is 26.6. The third-order valence-electron chi connectivity index (χ3n) is 7.94. The summed E-state index contributed by atoms with van der Waals surface area (Å²) < 4.78 is 18.0. The maximum Gasteiger partial charge on any atom is 0.305 e. The molecular weight excluding hydrogens is 524 g/mol. The van der Waals surface area contributed by atoms with Gasteiger partial charge in [-0.3, -0.25) is 4.79 Å². The number of benzene rings is 2. The van der Waals surface area contributed by atoms with Gasteiger partial charge in [0.1, 0.15) is 6.61 Å². The molecule has 2 rings (SSSR count). The zero-order chi connectivity index (χ0) is 29.7. The van der Waals surface area contributed by atoms with E-state index in [0.29, 0.717) is 32.8 Å². The van der Waals surface area contributed by atoms with Gasteiger partial charge < -0.3 is 13.9 Å². The van der Waals surface area contributed by atoms with Gasteiger partial charge in [0.05, 0.1) is 19.8 Å². The van der Waals surface area contributed by atoms with Crippen molar-refractivity contribution in [3.8, 4) is 0 Å². The normalized spacial score (nSPS) is 12.0. The predicted molar refractivity (Wildman–Crippen MR) is 176 cm³/mol. The molecule has 0 saturated heterocycles. The molecule has 0 aliphatic rings. The first kappa shape index (κ1) is 35.2. The molecule has 41 heavy (non-hydrogen) atoms. The van der Waals surface area contributed by atoms with Gasteiger partial charge >= 0.3 is 5.97 Å². The van der Waals surface area contributed by atoms with Crippen LogP contribution in [0.3, 0.4) is 0 Å². The Hall–Kier alpha value is -1.95. The molecule has 0 N–H and O–H groups in total. The SMILES string of the molecule is CCCCCCCCCCCCCCCC(=O)OCCOCCO[Si](c1ccccc1)(c1ccccc1)C(C)(C)C. The number of carbonyl (C=O) groups excluding carboxylic acids is 1. The van der Waals surface area contributed by atoms with Gasteiger partial charge in [0.15, 0.2) is 0 Å². The minimum atomic E-state index is -2.54. The molecule has 230 valence electrons. The van der Waals surface area contributed by atoms with Gasteiger partial charge in [-0.2, -0.15) is 0 Å². The summed E-state index contributed by atoms with van der Waals surface area (Å²) in [6, 6.07) is 21.3. The van der Waals surface area contributed by atoms with E-state index in [2.05, 4.69) is 88.4 Å². The zero-order valence-corrected chi connectivity index (χ0v) is 27.6. The fourth-order valence-electron chi connectivity index (χ4n) is 5.69. The second-order valence-electron chi connectivity index (χ2n) is 12.3. The van der Waals surface area contributed by atoms with E-state index in [1.54, 1.807) is 0 Å². The lowest BCUT2D eigenvalue weighted by Crippen LogP contribution is -2.66. The number of hydrogen-bond donors (Lipinski definition) is 0. The van der Waals surface area contributed by atoms with Crippen molar-refractivity contribution in [3.05, 3.63) is 60.7 Å². The summed E-state index contributed by atoms with van der Waals surface area (Å²) >= 11 is 0. The molecule has 0 atom stereocenters. The average molecular weight is 583 g/mol. The number of ether oxygens (including phenoxy) is 2. The van der Waals surface area contributed by atoms with Crippen LogP contribution in [0.15, 0.2) is 60.7 Å². The van der Waals surface area contributed by atoms with Gasteiger partial charge in [0.2, 0.25) is 0 Å². The van der Waals surface area contributed by atoms with Crippen molar-refractivity contribution in [1.29, 1.82) is 0 Å². The van der Waals surface area contributed by atoms with Crippen LogP contribution in [0.1, 0.15) is 118 Å². The molecule has 0 aromatic heterocycles. The quantitative estimate of drug-likeness (QED) is 0.0748. The van der Waals surface area contributed by atoms with Gasteiger partial charge in [-0.1, -0.05) is 165 Å². The second-order valence-corrected chi connectivity index (χ2v) is 16.6. The molecule has 2 aromatic rings. The van der Waals surface area contributed by atoms with Crippen molar-refractivity contribution in [2.75, 3.05) is 26.4 Å². The predicted octanol–water partition coefficient (Wildman–Crippen LogP) is 8.60. The first-order valence-electron chi connectivity index (χ1n) is 16.4. The lowest BCUT2D eigenvalue weighted by atomic mass is 10.0. The summed E-state index contributed by atoms with van der Waals surface area (Å²) in [5, 5.41) is 2.47. The molecule has 0 aliphatic heterocycles. The monoisotopic (exact) mass is 582 g/mol. The van der Waals surface area contributed by atoms with Gasteiger partial charge in [-0.15, -0.1) is 0 Å². The highest BCUT2D eigenvalue weighted by molar-refractivity contribution is 6.99. The van der Waals surface area contributed by atoms with E-state index in [1.165, 1.54) is 81.0 Å². The fraction of sp³-hybridized carbons (Fsp3) is 0.639. The molecule has 5 heteroatoms. The van der Waals surface area contributed by atoms with E-state index in [9.17, 15) is 4.79 Å². The van der Waals surface area contributed by atoms with Crippen LogP contribution in [-0.4, -0.2) is 40.7 Å². The number of esters is 1. The smallest absolute Gasteiger partial charge is 0.305 e. The van der Waals surface area contributed by atoms with E-state index in [4.69, 9.17) is 13.9 Å². The van der Waals surface area contributed by atoms with Crippen molar-refractivity contribution in [3.63, 3.8) is 0 Å². The molecular formula is C36H58O4Si. The molecule has 0 spiro atoms. The Bertz CT molecular complexity index is 871. The summed E-state index contributed by atoms with van der Waals surface area (Å²) in [6.45, 7) is 10.8. The summed E-state index contributed by atoms with van der Waals surface area (Å²) in [5.41, 5.74) is 0. The Kier molecular flexibility index (Phi) is 17.9. The third kappa shape index (κ3) is 13.3. The van der Waals surface area contributed by atoms with Crippen molar-refractivity contribution in [1.82, 2.24) is 0 Å². The topological polar surface area (TPSA) is 44.8 Å². The molecule has 0 radical (unpaired) electrons. The number of unbranched alkanes of at least 4 members (excludes halogenated alkanes) is 12. The Morgan fingerprint density at radius 1 is 0.610 bits per heavy atom. The Labute approximate surface area is 252 Å². The van der Waals surface area contributed by atoms with Crippen LogP contribution >= 0.6 is 0 Å². The molecule has 0 saturated carbocycles. The first-order chi connectivity index (χ1) is 19.9. The summed E-state index contributed by atoms with van der Waals surface area (Å²) in [6.07, 6.45) is 17.5. The van der Waals surface area contributed by atoms with Crippen molar-refractivity contribution in [2.24, 2.45) is 0 Å². The summed E-state index contributed by atoms with van der Waals surface area (Å²) in [5.74, 6) is -0.111. The maximum absolute atomic E-state index is 12.1. The minimum Gasteiger partial charge on any atom is -0.463 e. The molecule has 0 bridgehead atoms. The number of hydrogen-bond acceptors (Lipinski definition) is 4. The first-order valence-corrected chi connectivity index (χ1v) is 18.3. The van der Waals surface area contributed by atoms with E-state index in [0.717, 1.165) is 12.8 Å². The fourth-order valence-corrected chi connectivity index (χ4v) is 10.2. The van der Waals surface area contributed by atoms with Crippen LogP contribution in [-0.2, 0) is 18.7 Å². The maximum atomic E-state index is 12.1. The van der Waals surface area contributed by atoms with Crippen LogP contribution in [0.4, 0.5) is 0 Å². The molecule has 0 unspecified atom stereocenters. The minimum absolute atomic E-state index is 0.0568. The Balaban J connectivity index is 1.57. The van der Waals surface area contributed by atoms with Crippen LogP contribution in [0.5, 0.6) is 0 Å². The Morgan fingerprint density at radius 2 is 1.05 bits per heavy atom. The molecule has 0 amide bonds. The molecule has 2 aromatic carbocycles. The standard InChI is InChI=1S/C36H58O4Si/c1-5-6-7-8-9-10-11-12-13-14-15-16-23-28-35(37)39-31-29-38-30-32-40-41(36(2,3)4,33-24-19-17-20-25-33)34-26-21-18-22-27-34/h17-22,24-27H,5-16,23,28-32H2,1-4H3. The van der Waals surface area contributed by atoms with Crippen LogP contribution in [0.2, 0.25) is 5.04 Å². The number of rotatable bonds is 23. The van der Waals surface area contributed by atoms with Gasteiger partial charge in [-0.05, 0) is 21.8 Å². The van der Waals surface area contributed by atoms with Crippen molar-refractivity contribution >= 4 is 24.7 Å². The van der Waals surface area contributed by atoms with Gasteiger partial charge in [0.25, 0.3) is 8.32 Å². The second kappa shape index (κ2) is 20.8. The lowest BCUT2D eigenvalue weighted by Gasteiger charge is -2.43. The molecule has 0 aliphatic carbocycles. The van der Waals surface area contributed by atoms with E-state index >= 15 is 0 Å². The van der Waals surface area contributed by atoms with E-state index in [1.807, 2.05) is 0 Å². The highest BCUT2D eigenvalue weighted by Gasteiger charge is 2.49. The largest absolute Gasteiger partial charge is 0.463 e. The van der Waals surface area contributed by atoms with E-state index < -0.39 is 8.32 Å². The molecule has 4 nitrogen and oxygen atoms in total. The van der Waals surface area contributed by atoms with Crippen LogP contribution in [0, 0.1) is 0 Å². The molecule has 0 fully saturated rings. The Morgan fingerprint density at radius 3 is 1.51 bits per heavy atom. The third-order valence-corrected chi connectivity index (χ3v) is 13.0. The average Bonchev–Trinajstić information content (AvgIpc) is 2.97. The van der Waals surface area contributed by atoms with Crippen LogP contribution < -0.4 is 10.4 Å². The highest BCUT2D eigenvalue weighted by Crippen LogP contribution is 2.36.